The standard InChI is InChI=1S/C21H19F2N3O6/c1-21(12-2-5-14(6-3-12)32-19(22)23)18(28)26(20(29)25-21)11-17(27)24-13-4-7-15-16(10-13)31-9-8-30-15/h2-7,10,19H,8-9,11H2,1H3,(H,24,27)(H,25,29)/t21-/m0/s1. The van der Waals surface area contributed by atoms with Gasteiger partial charge in [0.2, 0.25) is 5.91 Å². The van der Waals surface area contributed by atoms with E-state index in [0.717, 1.165) is 4.90 Å². The highest BCUT2D eigenvalue weighted by Crippen LogP contribution is 2.33. The number of halogens is 2. The zero-order valence-corrected chi connectivity index (χ0v) is 16.9. The number of carbonyl (C=O) groups excluding carboxylic acids is 3. The molecule has 2 N–H and O–H groups in total. The van der Waals surface area contributed by atoms with Crippen molar-refractivity contribution in [3.05, 3.63) is 48.0 Å². The highest BCUT2D eigenvalue weighted by Gasteiger charge is 2.49. The second-order valence-corrected chi connectivity index (χ2v) is 7.26. The molecule has 1 saturated heterocycles. The molecule has 0 radical (unpaired) electrons. The maximum absolute atomic E-state index is 13.0. The van der Waals surface area contributed by atoms with Crippen LogP contribution in [0.5, 0.6) is 17.2 Å². The number of rotatable bonds is 6. The number of imide groups is 1. The van der Waals surface area contributed by atoms with Gasteiger partial charge in [0.05, 0.1) is 0 Å². The Balaban J connectivity index is 1.44. The van der Waals surface area contributed by atoms with E-state index in [0.29, 0.717) is 36.0 Å². The first kappa shape index (κ1) is 21.3. The molecular weight excluding hydrogens is 428 g/mol. The van der Waals surface area contributed by atoms with Gasteiger partial charge in [0.25, 0.3) is 5.91 Å². The summed E-state index contributed by atoms with van der Waals surface area (Å²) in [7, 11) is 0. The molecule has 1 fully saturated rings. The smallest absolute Gasteiger partial charge is 0.387 e. The number of nitrogens with one attached hydrogen (secondary N) is 2. The quantitative estimate of drug-likeness (QED) is 0.659. The molecule has 2 aromatic rings. The first-order valence-electron chi connectivity index (χ1n) is 9.65. The predicted octanol–water partition coefficient (Wildman–Crippen LogP) is 2.46. The third kappa shape index (κ3) is 4.13. The lowest BCUT2D eigenvalue weighted by Gasteiger charge is -2.22. The Morgan fingerprint density at radius 2 is 1.84 bits per heavy atom. The highest BCUT2D eigenvalue weighted by atomic mass is 19.3. The number of anilines is 1. The van der Waals surface area contributed by atoms with Gasteiger partial charge in [-0.05, 0) is 36.8 Å². The Kier molecular flexibility index (Phi) is 5.56. The Morgan fingerprint density at radius 3 is 2.53 bits per heavy atom. The van der Waals surface area contributed by atoms with E-state index in [1.54, 1.807) is 18.2 Å². The van der Waals surface area contributed by atoms with Gasteiger partial charge in [-0.1, -0.05) is 12.1 Å². The van der Waals surface area contributed by atoms with Crippen LogP contribution in [0.15, 0.2) is 42.5 Å². The normalized spacial score (nSPS) is 19.7. The monoisotopic (exact) mass is 447 g/mol. The molecule has 2 aliphatic rings. The molecule has 4 amide bonds. The van der Waals surface area contributed by atoms with Crippen molar-refractivity contribution in [1.29, 1.82) is 0 Å². The summed E-state index contributed by atoms with van der Waals surface area (Å²) in [6, 6.07) is 9.44. The van der Waals surface area contributed by atoms with Crippen molar-refractivity contribution in [2.45, 2.75) is 19.1 Å². The van der Waals surface area contributed by atoms with Crippen LogP contribution >= 0.6 is 0 Å². The van der Waals surface area contributed by atoms with E-state index in [-0.39, 0.29) is 5.75 Å². The molecule has 2 heterocycles. The summed E-state index contributed by atoms with van der Waals surface area (Å²) in [4.78, 5) is 38.6. The summed E-state index contributed by atoms with van der Waals surface area (Å²) < 4.78 is 39.8. The maximum atomic E-state index is 13.0. The van der Waals surface area contributed by atoms with Crippen LogP contribution in [0.1, 0.15) is 12.5 Å². The maximum Gasteiger partial charge on any atom is 0.387 e. The van der Waals surface area contributed by atoms with Crippen molar-refractivity contribution in [2.75, 3.05) is 25.1 Å². The fraction of sp³-hybridized carbons (Fsp3) is 0.286. The second kappa shape index (κ2) is 8.33. The number of amides is 4. The van der Waals surface area contributed by atoms with Crippen molar-refractivity contribution >= 4 is 23.5 Å². The lowest BCUT2D eigenvalue weighted by molar-refractivity contribution is -0.133. The van der Waals surface area contributed by atoms with Gasteiger partial charge in [0.1, 0.15) is 31.0 Å². The molecule has 9 nitrogen and oxygen atoms in total. The van der Waals surface area contributed by atoms with Gasteiger partial charge < -0.3 is 24.8 Å². The summed E-state index contributed by atoms with van der Waals surface area (Å²) in [5.41, 5.74) is -0.687. The van der Waals surface area contributed by atoms with E-state index in [2.05, 4.69) is 15.4 Å². The number of alkyl halides is 2. The van der Waals surface area contributed by atoms with Gasteiger partial charge >= 0.3 is 12.6 Å². The molecule has 0 saturated carbocycles. The van der Waals surface area contributed by atoms with Crippen molar-refractivity contribution < 1.29 is 37.4 Å². The lowest BCUT2D eigenvalue weighted by atomic mass is 9.92. The number of ether oxygens (including phenoxy) is 3. The predicted molar refractivity (Wildman–Crippen MR) is 107 cm³/mol. The molecule has 168 valence electrons. The van der Waals surface area contributed by atoms with Crippen LogP contribution < -0.4 is 24.8 Å². The van der Waals surface area contributed by atoms with Gasteiger partial charge in [0, 0.05) is 11.8 Å². The number of benzene rings is 2. The van der Waals surface area contributed by atoms with E-state index >= 15 is 0 Å². The Hall–Kier alpha value is -3.89. The van der Waals surface area contributed by atoms with Crippen molar-refractivity contribution in [2.24, 2.45) is 0 Å². The number of hydrogen-bond acceptors (Lipinski definition) is 6. The summed E-state index contributed by atoms with van der Waals surface area (Å²) in [5, 5.41) is 5.17. The van der Waals surface area contributed by atoms with E-state index in [9.17, 15) is 23.2 Å². The zero-order valence-electron chi connectivity index (χ0n) is 16.9. The number of carbonyl (C=O) groups is 3. The molecule has 0 aromatic heterocycles. The van der Waals surface area contributed by atoms with Gasteiger partial charge in [-0.15, -0.1) is 0 Å². The third-order valence-electron chi connectivity index (χ3n) is 5.06. The number of nitrogens with zero attached hydrogens (tertiary/aromatic N) is 1. The molecule has 0 spiro atoms. The molecule has 2 aromatic carbocycles. The second-order valence-electron chi connectivity index (χ2n) is 7.26. The lowest BCUT2D eigenvalue weighted by Crippen LogP contribution is -2.42. The topological polar surface area (TPSA) is 106 Å². The average Bonchev–Trinajstić information content (AvgIpc) is 2.97. The van der Waals surface area contributed by atoms with Crippen LogP contribution in [-0.2, 0) is 15.1 Å². The molecule has 4 rings (SSSR count). The largest absolute Gasteiger partial charge is 0.486 e. The Bertz CT molecular complexity index is 1060. The Morgan fingerprint density at radius 1 is 1.16 bits per heavy atom. The van der Waals surface area contributed by atoms with Crippen molar-refractivity contribution in [3.63, 3.8) is 0 Å². The third-order valence-corrected chi connectivity index (χ3v) is 5.06. The van der Waals surface area contributed by atoms with Crippen molar-refractivity contribution in [3.8, 4) is 17.2 Å². The van der Waals surface area contributed by atoms with E-state index in [4.69, 9.17) is 9.47 Å². The minimum atomic E-state index is -2.98. The minimum absolute atomic E-state index is 0.0835. The van der Waals surface area contributed by atoms with Crippen LogP contribution in [-0.4, -0.2) is 49.1 Å². The summed E-state index contributed by atoms with van der Waals surface area (Å²) in [5.74, 6) is -0.280. The zero-order chi connectivity index (χ0) is 22.9. The van der Waals surface area contributed by atoms with E-state index in [1.807, 2.05) is 0 Å². The van der Waals surface area contributed by atoms with Crippen molar-refractivity contribution in [1.82, 2.24) is 10.2 Å². The number of urea groups is 1. The number of hydrogen-bond donors (Lipinski definition) is 2. The van der Waals surface area contributed by atoms with Gasteiger partial charge in [-0.25, -0.2) is 4.79 Å². The number of fused-ring (bicyclic) bond motifs is 1. The van der Waals surface area contributed by atoms with Crippen LogP contribution in [0.4, 0.5) is 19.3 Å². The SMILES string of the molecule is C[C@@]1(c2ccc(OC(F)F)cc2)NC(=O)N(CC(=O)Nc2ccc3c(c2)OCCO3)C1=O. The van der Waals surface area contributed by atoms with Crippen LogP contribution in [0.3, 0.4) is 0 Å². The molecule has 0 unspecified atom stereocenters. The molecule has 32 heavy (non-hydrogen) atoms. The molecule has 0 bridgehead atoms. The highest BCUT2D eigenvalue weighted by molar-refractivity contribution is 6.10. The molecular formula is C21H19F2N3O6. The molecule has 0 aliphatic carbocycles. The van der Waals surface area contributed by atoms with Crippen LogP contribution in [0, 0.1) is 0 Å². The van der Waals surface area contributed by atoms with Crippen LogP contribution in [0.2, 0.25) is 0 Å². The summed E-state index contributed by atoms with van der Waals surface area (Å²) in [6.45, 7) is -1.20. The molecule has 11 heteroatoms. The van der Waals surface area contributed by atoms with E-state index < -0.39 is 36.5 Å². The Labute approximate surface area is 181 Å². The summed E-state index contributed by atoms with van der Waals surface area (Å²) in [6.07, 6.45) is 0. The fourth-order valence-electron chi connectivity index (χ4n) is 3.47. The van der Waals surface area contributed by atoms with E-state index in [1.165, 1.54) is 31.2 Å². The average molecular weight is 447 g/mol. The summed E-state index contributed by atoms with van der Waals surface area (Å²) >= 11 is 0. The molecule has 1 atom stereocenters. The molecule has 2 aliphatic heterocycles. The van der Waals surface area contributed by atoms with Crippen LogP contribution in [0.25, 0.3) is 0 Å². The first-order valence-corrected chi connectivity index (χ1v) is 9.65. The van der Waals surface area contributed by atoms with Gasteiger partial charge in [-0.2, -0.15) is 8.78 Å². The first-order chi connectivity index (χ1) is 15.3. The van der Waals surface area contributed by atoms with Gasteiger partial charge in [0.15, 0.2) is 11.5 Å². The minimum Gasteiger partial charge on any atom is -0.486 e. The van der Waals surface area contributed by atoms with Gasteiger partial charge in [-0.3, -0.25) is 14.5 Å². The fourth-order valence-corrected chi connectivity index (χ4v) is 3.47.